The van der Waals surface area contributed by atoms with E-state index in [0.29, 0.717) is 0 Å². The average Bonchev–Trinajstić information content (AvgIpc) is 1.88. The number of aliphatic hydroxyl groups is 1. The molecular formula is C7H15NO3. The molecule has 0 saturated heterocycles. The van der Waals surface area contributed by atoms with Gasteiger partial charge in [0.25, 0.3) is 0 Å². The summed E-state index contributed by atoms with van der Waals surface area (Å²) < 4.78 is 0. The lowest BCUT2D eigenvalue weighted by molar-refractivity contribution is 0.205. The zero-order valence-corrected chi connectivity index (χ0v) is 6.66. The van der Waals surface area contributed by atoms with Crippen LogP contribution in [0.15, 0.2) is 12.2 Å². The fraction of sp³-hybridized carbons (Fsp3) is 0.571. The molecule has 11 heavy (non-hydrogen) atoms. The highest BCUT2D eigenvalue weighted by atomic mass is 16.4. The first-order valence-corrected chi connectivity index (χ1v) is 3.39. The number of rotatable bonds is 3. The van der Waals surface area contributed by atoms with Crippen molar-refractivity contribution in [2.45, 2.75) is 19.8 Å². The predicted octanol–water partition coefficient (Wildman–Crippen LogP) is 0.958. The summed E-state index contributed by atoms with van der Waals surface area (Å²) in [5, 5.41) is 15.4. The van der Waals surface area contributed by atoms with E-state index in [4.69, 9.17) is 15.0 Å². The summed E-state index contributed by atoms with van der Waals surface area (Å²) in [4.78, 5) is 8.78. The van der Waals surface area contributed by atoms with Crippen LogP contribution in [0, 0.1) is 0 Å². The first-order valence-electron chi connectivity index (χ1n) is 3.39. The van der Waals surface area contributed by atoms with Crippen molar-refractivity contribution >= 4 is 6.09 Å². The summed E-state index contributed by atoms with van der Waals surface area (Å²) in [6.07, 6.45) is 4.57. The van der Waals surface area contributed by atoms with E-state index < -0.39 is 6.09 Å². The Balaban J connectivity index is 0. The Hall–Kier alpha value is -1.03. The average molecular weight is 161 g/mol. The molecule has 0 unspecified atom stereocenters. The fourth-order valence-corrected chi connectivity index (χ4v) is 0.359. The van der Waals surface area contributed by atoms with Crippen molar-refractivity contribution in [3.63, 3.8) is 0 Å². The number of amides is 1. The molecule has 0 atom stereocenters. The second-order valence-corrected chi connectivity index (χ2v) is 1.73. The molecule has 0 saturated carbocycles. The van der Waals surface area contributed by atoms with Crippen molar-refractivity contribution in [3.8, 4) is 0 Å². The molecule has 0 aliphatic carbocycles. The highest BCUT2D eigenvalue weighted by molar-refractivity contribution is 5.61. The molecule has 0 aromatic rings. The maximum Gasteiger partial charge on any atom is 0.402 e. The van der Waals surface area contributed by atoms with Crippen molar-refractivity contribution in [1.29, 1.82) is 0 Å². The molecule has 4 heteroatoms. The van der Waals surface area contributed by atoms with E-state index in [2.05, 4.69) is 18.7 Å². The van der Waals surface area contributed by atoms with Crippen molar-refractivity contribution in [2.75, 3.05) is 6.61 Å². The molecule has 66 valence electrons. The van der Waals surface area contributed by atoms with Crippen LogP contribution in [-0.4, -0.2) is 22.9 Å². The zero-order chi connectivity index (χ0) is 9.11. The Morgan fingerprint density at radius 2 is 2.00 bits per heavy atom. The van der Waals surface area contributed by atoms with Gasteiger partial charge in [-0.2, -0.15) is 0 Å². The van der Waals surface area contributed by atoms with Crippen LogP contribution in [0.1, 0.15) is 19.8 Å². The smallest absolute Gasteiger partial charge is 0.402 e. The van der Waals surface area contributed by atoms with Crippen LogP contribution in [0.4, 0.5) is 4.79 Å². The Kier molecular flexibility index (Phi) is 13.5. The highest BCUT2D eigenvalue weighted by Crippen LogP contribution is 1.82. The number of primary amides is 1. The molecule has 1 amide bonds. The molecule has 0 aromatic carbocycles. The minimum Gasteiger partial charge on any atom is -0.465 e. The molecule has 0 bridgehead atoms. The van der Waals surface area contributed by atoms with Gasteiger partial charge in [-0.3, -0.25) is 0 Å². The molecule has 4 nitrogen and oxygen atoms in total. The predicted molar refractivity (Wildman–Crippen MR) is 43.3 cm³/mol. The first kappa shape index (κ1) is 12.6. The monoisotopic (exact) mass is 161 g/mol. The van der Waals surface area contributed by atoms with E-state index in [0.717, 1.165) is 12.8 Å². The van der Waals surface area contributed by atoms with Gasteiger partial charge in [-0.15, -0.1) is 0 Å². The second-order valence-electron chi connectivity index (χ2n) is 1.73. The maximum atomic E-state index is 8.78. The second kappa shape index (κ2) is 11.7. The van der Waals surface area contributed by atoms with Crippen LogP contribution in [0.25, 0.3) is 0 Å². The van der Waals surface area contributed by atoms with Gasteiger partial charge in [0.15, 0.2) is 0 Å². The third-order valence-electron chi connectivity index (χ3n) is 0.698. The van der Waals surface area contributed by atoms with Crippen molar-refractivity contribution in [1.82, 2.24) is 0 Å². The lowest BCUT2D eigenvalue weighted by Gasteiger charge is -1.79. The van der Waals surface area contributed by atoms with Gasteiger partial charge in [0.05, 0.1) is 0 Å². The molecule has 0 spiro atoms. The third-order valence-corrected chi connectivity index (χ3v) is 0.698. The summed E-state index contributed by atoms with van der Waals surface area (Å²) in [5.74, 6) is 0. The largest absolute Gasteiger partial charge is 0.465 e. The lowest BCUT2D eigenvalue weighted by atomic mass is 10.3. The summed E-state index contributed by atoms with van der Waals surface area (Å²) in [7, 11) is 0. The lowest BCUT2D eigenvalue weighted by Crippen LogP contribution is -2.03. The fourth-order valence-electron chi connectivity index (χ4n) is 0.359. The Bertz CT molecular complexity index is 108. The molecule has 0 aromatic heterocycles. The molecule has 0 aliphatic rings. The number of hydrogen-bond acceptors (Lipinski definition) is 2. The molecule has 0 rings (SSSR count). The highest BCUT2D eigenvalue weighted by Gasteiger charge is 1.69. The van der Waals surface area contributed by atoms with Gasteiger partial charge in [0.1, 0.15) is 0 Å². The molecule has 0 radical (unpaired) electrons. The zero-order valence-electron chi connectivity index (χ0n) is 6.66. The Morgan fingerprint density at radius 3 is 2.27 bits per heavy atom. The number of aliphatic hydroxyl groups excluding tert-OH is 1. The van der Waals surface area contributed by atoms with E-state index in [1.807, 2.05) is 6.08 Å². The standard InChI is InChI=1S/C6H12O.CH3NO2/c1-2-3-4-5-6-7;2-1(3)4/h3-4,7H,2,5-6H2,1H3;2H2,(H,3,4). The summed E-state index contributed by atoms with van der Waals surface area (Å²) in [6, 6.07) is 0. The molecule has 4 N–H and O–H groups in total. The summed E-state index contributed by atoms with van der Waals surface area (Å²) in [5.41, 5.74) is 4.03. The van der Waals surface area contributed by atoms with Gasteiger partial charge >= 0.3 is 6.09 Å². The molecule has 0 heterocycles. The number of carbonyl (C=O) groups is 1. The van der Waals surface area contributed by atoms with Crippen LogP contribution in [0.2, 0.25) is 0 Å². The van der Waals surface area contributed by atoms with Gasteiger partial charge < -0.3 is 15.9 Å². The van der Waals surface area contributed by atoms with Crippen LogP contribution >= 0.6 is 0 Å². The van der Waals surface area contributed by atoms with Gasteiger partial charge in [-0.25, -0.2) is 4.79 Å². The van der Waals surface area contributed by atoms with Crippen molar-refractivity contribution in [3.05, 3.63) is 12.2 Å². The van der Waals surface area contributed by atoms with Gasteiger partial charge in [0.2, 0.25) is 0 Å². The number of allylic oxidation sites excluding steroid dienone is 1. The van der Waals surface area contributed by atoms with Gasteiger partial charge in [0, 0.05) is 6.61 Å². The molecule has 0 aliphatic heterocycles. The van der Waals surface area contributed by atoms with Crippen LogP contribution in [0.3, 0.4) is 0 Å². The van der Waals surface area contributed by atoms with Crippen molar-refractivity contribution < 1.29 is 15.0 Å². The van der Waals surface area contributed by atoms with E-state index >= 15 is 0 Å². The number of hydrogen-bond donors (Lipinski definition) is 3. The Morgan fingerprint density at radius 1 is 1.55 bits per heavy atom. The molecular weight excluding hydrogens is 146 g/mol. The van der Waals surface area contributed by atoms with E-state index in [1.54, 1.807) is 0 Å². The van der Waals surface area contributed by atoms with E-state index in [9.17, 15) is 0 Å². The third kappa shape index (κ3) is 49.4. The topological polar surface area (TPSA) is 83.5 Å². The van der Waals surface area contributed by atoms with Crippen molar-refractivity contribution in [2.24, 2.45) is 5.73 Å². The summed E-state index contributed by atoms with van der Waals surface area (Å²) in [6.45, 7) is 2.35. The SMILES string of the molecule is CCC=CCCO.NC(=O)O. The number of nitrogens with two attached hydrogens (primary N) is 1. The molecule has 0 fully saturated rings. The minimum atomic E-state index is -1.33. The van der Waals surface area contributed by atoms with E-state index in [-0.39, 0.29) is 6.61 Å². The maximum absolute atomic E-state index is 8.78. The quantitative estimate of drug-likeness (QED) is 0.539. The minimum absolute atomic E-state index is 0.274. The van der Waals surface area contributed by atoms with Crippen LogP contribution < -0.4 is 5.73 Å². The van der Waals surface area contributed by atoms with Crippen LogP contribution in [-0.2, 0) is 0 Å². The normalized spacial score (nSPS) is 8.91. The Labute approximate surface area is 66.3 Å². The van der Waals surface area contributed by atoms with E-state index in [1.165, 1.54) is 0 Å². The summed E-state index contributed by atoms with van der Waals surface area (Å²) >= 11 is 0. The van der Waals surface area contributed by atoms with Gasteiger partial charge in [-0.1, -0.05) is 19.1 Å². The van der Waals surface area contributed by atoms with Crippen LogP contribution in [0.5, 0.6) is 0 Å². The van der Waals surface area contributed by atoms with Gasteiger partial charge in [-0.05, 0) is 12.8 Å². The number of carboxylic acid groups (broad SMARTS) is 1. The first-order chi connectivity index (χ1) is 5.15.